The normalized spacial score (nSPS) is 11.6. The molecule has 0 saturated carbocycles. The fourth-order valence-corrected chi connectivity index (χ4v) is 1.57. The second kappa shape index (κ2) is 8.02. The van der Waals surface area contributed by atoms with Gasteiger partial charge in [0, 0.05) is 38.2 Å². The predicted octanol–water partition coefficient (Wildman–Crippen LogP) is -0.448. The highest BCUT2D eigenvalue weighted by atomic mass is 16.2. The van der Waals surface area contributed by atoms with Crippen LogP contribution in [-0.2, 0) is 20.8 Å². The van der Waals surface area contributed by atoms with Crippen molar-refractivity contribution >= 4 is 18.1 Å². The number of H-pyrrole nitrogens is 1. The van der Waals surface area contributed by atoms with Gasteiger partial charge in [-0.1, -0.05) is 0 Å². The van der Waals surface area contributed by atoms with E-state index in [-0.39, 0.29) is 18.2 Å². The molecule has 0 radical (unpaired) electrons. The molecule has 7 nitrogen and oxygen atoms in total. The number of aldehydes is 1. The number of amides is 2. The van der Waals surface area contributed by atoms with Gasteiger partial charge in [0.05, 0.1) is 12.4 Å². The molecule has 0 aliphatic carbocycles. The summed E-state index contributed by atoms with van der Waals surface area (Å²) >= 11 is 0. The third-order valence-corrected chi connectivity index (χ3v) is 2.51. The van der Waals surface area contributed by atoms with Crippen LogP contribution in [0, 0.1) is 0 Å². The Morgan fingerprint density at radius 3 is 2.89 bits per heavy atom. The lowest BCUT2D eigenvalue weighted by molar-refractivity contribution is -0.124. The van der Waals surface area contributed by atoms with Crippen LogP contribution in [-0.4, -0.2) is 40.7 Å². The summed E-state index contributed by atoms with van der Waals surface area (Å²) in [6.45, 7) is 1.84. The Morgan fingerprint density at radius 1 is 1.53 bits per heavy atom. The van der Waals surface area contributed by atoms with Gasteiger partial charge in [0.25, 0.3) is 0 Å². The van der Waals surface area contributed by atoms with Crippen molar-refractivity contribution in [3.8, 4) is 0 Å². The van der Waals surface area contributed by atoms with Gasteiger partial charge in [0.2, 0.25) is 11.8 Å². The molecule has 1 aromatic heterocycles. The van der Waals surface area contributed by atoms with Crippen LogP contribution < -0.4 is 10.6 Å². The summed E-state index contributed by atoms with van der Waals surface area (Å²) in [6, 6.07) is -0.601. The van der Waals surface area contributed by atoms with E-state index in [9.17, 15) is 14.4 Å². The van der Waals surface area contributed by atoms with Crippen molar-refractivity contribution < 1.29 is 14.4 Å². The Balaban J connectivity index is 2.16. The number of rotatable bonds is 8. The van der Waals surface area contributed by atoms with Crippen LogP contribution in [0.5, 0.6) is 0 Å². The number of carbonyl (C=O) groups excluding carboxylic acids is 3. The van der Waals surface area contributed by atoms with Gasteiger partial charge in [0.15, 0.2) is 0 Å². The fourth-order valence-electron chi connectivity index (χ4n) is 1.57. The molecule has 0 aromatic carbocycles. The lowest BCUT2D eigenvalue weighted by Gasteiger charge is -2.10. The van der Waals surface area contributed by atoms with Gasteiger partial charge in [0.1, 0.15) is 6.29 Å². The Morgan fingerprint density at radius 2 is 2.32 bits per heavy atom. The highest BCUT2D eigenvalue weighted by Gasteiger charge is 2.10. The van der Waals surface area contributed by atoms with Crippen LogP contribution in [0.25, 0.3) is 0 Å². The summed E-state index contributed by atoms with van der Waals surface area (Å²) in [5.74, 6) is -0.423. The standard InChI is InChI=1S/C12H18N4O3/c1-9(18)16-11(7-17)2-3-12(19)14-5-4-10-6-13-8-15-10/h6-8,11H,2-5H2,1H3,(H,13,15)(H,14,19)(H,16,18). The molecule has 1 heterocycles. The predicted molar refractivity (Wildman–Crippen MR) is 68.2 cm³/mol. The molecule has 0 aliphatic rings. The average molecular weight is 266 g/mol. The molecule has 2 amide bonds. The fraction of sp³-hybridized carbons (Fsp3) is 0.500. The van der Waals surface area contributed by atoms with Crippen LogP contribution in [0.1, 0.15) is 25.5 Å². The maximum atomic E-state index is 11.5. The summed E-state index contributed by atoms with van der Waals surface area (Å²) in [5.41, 5.74) is 0.948. The molecular weight excluding hydrogens is 248 g/mol. The molecule has 1 rings (SSSR count). The number of aromatic nitrogens is 2. The summed E-state index contributed by atoms with van der Waals surface area (Å²) < 4.78 is 0. The molecule has 0 aliphatic heterocycles. The zero-order valence-corrected chi connectivity index (χ0v) is 10.8. The summed E-state index contributed by atoms with van der Waals surface area (Å²) in [5, 5.41) is 5.20. The molecule has 0 fully saturated rings. The first kappa shape index (κ1) is 14.9. The number of hydrogen-bond acceptors (Lipinski definition) is 4. The van der Waals surface area contributed by atoms with Crippen LogP contribution in [0.2, 0.25) is 0 Å². The van der Waals surface area contributed by atoms with Gasteiger partial charge < -0.3 is 20.4 Å². The van der Waals surface area contributed by atoms with Crippen molar-refractivity contribution in [1.29, 1.82) is 0 Å². The monoisotopic (exact) mass is 266 g/mol. The van der Waals surface area contributed by atoms with Gasteiger partial charge in [-0.2, -0.15) is 0 Å². The summed E-state index contributed by atoms with van der Waals surface area (Å²) in [7, 11) is 0. The Labute approximate surface area is 111 Å². The second-order valence-electron chi connectivity index (χ2n) is 4.16. The average Bonchev–Trinajstić information content (AvgIpc) is 2.87. The highest BCUT2D eigenvalue weighted by molar-refractivity contribution is 5.79. The minimum absolute atomic E-state index is 0.142. The van der Waals surface area contributed by atoms with Crippen molar-refractivity contribution in [2.75, 3.05) is 6.54 Å². The third-order valence-electron chi connectivity index (χ3n) is 2.51. The van der Waals surface area contributed by atoms with Gasteiger partial charge in [-0.25, -0.2) is 4.98 Å². The topological polar surface area (TPSA) is 104 Å². The van der Waals surface area contributed by atoms with Gasteiger partial charge >= 0.3 is 0 Å². The van der Waals surface area contributed by atoms with Crippen molar-refractivity contribution in [3.63, 3.8) is 0 Å². The first-order chi connectivity index (χ1) is 9.11. The van der Waals surface area contributed by atoms with E-state index in [1.54, 1.807) is 12.5 Å². The van der Waals surface area contributed by atoms with E-state index in [1.165, 1.54) is 6.92 Å². The SMILES string of the molecule is CC(=O)NC(C=O)CCC(=O)NCCc1cnc[nH]1. The molecule has 0 saturated heterocycles. The zero-order valence-electron chi connectivity index (χ0n) is 10.8. The van der Waals surface area contributed by atoms with Gasteiger partial charge in [-0.05, 0) is 6.42 Å². The largest absolute Gasteiger partial charge is 0.356 e. The number of aromatic amines is 1. The van der Waals surface area contributed by atoms with Crippen LogP contribution in [0.15, 0.2) is 12.5 Å². The smallest absolute Gasteiger partial charge is 0.220 e. The molecular formula is C12H18N4O3. The van der Waals surface area contributed by atoms with Crippen LogP contribution in [0.3, 0.4) is 0 Å². The third kappa shape index (κ3) is 6.35. The highest BCUT2D eigenvalue weighted by Crippen LogP contribution is 1.96. The van der Waals surface area contributed by atoms with Gasteiger partial charge in [-0.15, -0.1) is 0 Å². The maximum absolute atomic E-state index is 11.5. The minimum atomic E-state index is -0.601. The van der Waals surface area contributed by atoms with Crippen LogP contribution in [0.4, 0.5) is 0 Å². The van der Waals surface area contributed by atoms with E-state index in [1.807, 2.05) is 0 Å². The number of nitrogens with zero attached hydrogens (tertiary/aromatic N) is 1. The number of nitrogens with one attached hydrogen (secondary N) is 3. The molecule has 1 atom stereocenters. The Kier molecular flexibility index (Phi) is 6.28. The molecule has 0 spiro atoms. The Hall–Kier alpha value is -2.18. The first-order valence-corrected chi connectivity index (χ1v) is 6.08. The van der Waals surface area contributed by atoms with E-state index in [0.29, 0.717) is 25.7 Å². The minimum Gasteiger partial charge on any atom is -0.356 e. The first-order valence-electron chi connectivity index (χ1n) is 6.08. The molecule has 3 N–H and O–H groups in total. The van der Waals surface area contributed by atoms with E-state index >= 15 is 0 Å². The molecule has 0 bridgehead atoms. The molecule has 19 heavy (non-hydrogen) atoms. The zero-order chi connectivity index (χ0) is 14.1. The number of carbonyl (C=O) groups is 3. The lowest BCUT2D eigenvalue weighted by Crippen LogP contribution is -2.36. The molecule has 1 aromatic rings. The lowest BCUT2D eigenvalue weighted by atomic mass is 10.1. The molecule has 104 valence electrons. The van der Waals surface area contributed by atoms with Crippen molar-refractivity contribution in [2.45, 2.75) is 32.2 Å². The number of hydrogen-bond donors (Lipinski definition) is 3. The summed E-state index contributed by atoms with van der Waals surface area (Å²) in [4.78, 5) is 39.8. The summed E-state index contributed by atoms with van der Waals surface area (Å²) in [6.07, 6.45) is 5.10. The second-order valence-corrected chi connectivity index (χ2v) is 4.16. The van der Waals surface area contributed by atoms with Crippen LogP contribution >= 0.6 is 0 Å². The molecule has 7 heteroatoms. The Bertz CT molecular complexity index is 417. The van der Waals surface area contributed by atoms with Crippen molar-refractivity contribution in [3.05, 3.63) is 18.2 Å². The van der Waals surface area contributed by atoms with Crippen molar-refractivity contribution in [2.24, 2.45) is 0 Å². The van der Waals surface area contributed by atoms with E-state index < -0.39 is 6.04 Å². The molecule has 1 unspecified atom stereocenters. The van der Waals surface area contributed by atoms with Gasteiger partial charge in [-0.3, -0.25) is 9.59 Å². The quantitative estimate of drug-likeness (QED) is 0.554. The number of imidazole rings is 1. The van der Waals surface area contributed by atoms with E-state index in [0.717, 1.165) is 5.69 Å². The maximum Gasteiger partial charge on any atom is 0.220 e. The van der Waals surface area contributed by atoms with E-state index in [2.05, 4.69) is 20.6 Å². The van der Waals surface area contributed by atoms with Crippen molar-refractivity contribution in [1.82, 2.24) is 20.6 Å². The van der Waals surface area contributed by atoms with E-state index in [4.69, 9.17) is 0 Å².